The van der Waals surface area contributed by atoms with Crippen molar-refractivity contribution in [1.29, 1.82) is 0 Å². The first kappa shape index (κ1) is 8.69. The van der Waals surface area contributed by atoms with E-state index in [1.807, 2.05) is 18.2 Å². The van der Waals surface area contributed by atoms with Crippen LogP contribution in [0.15, 0.2) is 28.2 Å². The number of hydrogen-bond donors (Lipinski definition) is 0. The van der Waals surface area contributed by atoms with Crippen molar-refractivity contribution in [2.24, 2.45) is 9.98 Å². The summed E-state index contributed by atoms with van der Waals surface area (Å²) >= 11 is 0. The van der Waals surface area contributed by atoms with Gasteiger partial charge in [-0.1, -0.05) is 6.07 Å². The summed E-state index contributed by atoms with van der Waals surface area (Å²) in [5.41, 5.74) is 3.43. The van der Waals surface area contributed by atoms with Crippen LogP contribution in [0.4, 0.5) is 5.69 Å². The SMILES string of the molecule is CN=C=Nc1ccc(C)c(C)c1. The van der Waals surface area contributed by atoms with Gasteiger partial charge in [-0.05, 0) is 37.1 Å². The van der Waals surface area contributed by atoms with Crippen LogP contribution in [0.1, 0.15) is 11.1 Å². The molecule has 0 aliphatic heterocycles. The second-order valence-electron chi connectivity index (χ2n) is 2.70. The van der Waals surface area contributed by atoms with Gasteiger partial charge < -0.3 is 0 Å². The average molecular weight is 160 g/mol. The Balaban J connectivity index is 3.05. The maximum Gasteiger partial charge on any atom is 0.0946 e. The highest BCUT2D eigenvalue weighted by atomic mass is 14.8. The molecular formula is C10H12N2. The maximum atomic E-state index is 4.01. The molecule has 2 nitrogen and oxygen atoms in total. The lowest BCUT2D eigenvalue weighted by Crippen LogP contribution is -1.77. The van der Waals surface area contributed by atoms with Crippen molar-refractivity contribution in [3.05, 3.63) is 29.3 Å². The Morgan fingerprint density at radius 1 is 1.17 bits per heavy atom. The van der Waals surface area contributed by atoms with E-state index in [9.17, 15) is 0 Å². The Morgan fingerprint density at radius 3 is 2.50 bits per heavy atom. The summed E-state index contributed by atoms with van der Waals surface area (Å²) in [4.78, 5) is 7.68. The smallest absolute Gasteiger partial charge is 0.0946 e. The van der Waals surface area contributed by atoms with E-state index in [4.69, 9.17) is 0 Å². The Kier molecular flexibility index (Phi) is 2.78. The van der Waals surface area contributed by atoms with Crippen molar-refractivity contribution < 1.29 is 0 Å². The molecule has 0 N–H and O–H groups in total. The molecule has 1 aromatic rings. The molecular weight excluding hydrogens is 148 g/mol. The number of rotatable bonds is 1. The zero-order valence-corrected chi connectivity index (χ0v) is 7.63. The van der Waals surface area contributed by atoms with Gasteiger partial charge in [-0.25, -0.2) is 4.99 Å². The minimum absolute atomic E-state index is 0.906. The minimum atomic E-state index is 0.906. The lowest BCUT2D eigenvalue weighted by Gasteiger charge is -1.98. The van der Waals surface area contributed by atoms with Crippen LogP contribution in [-0.2, 0) is 0 Å². The maximum absolute atomic E-state index is 4.01. The van der Waals surface area contributed by atoms with Gasteiger partial charge in [-0.3, -0.25) is 0 Å². The minimum Gasteiger partial charge on any atom is -0.229 e. The standard InChI is InChI=1S/C10H12N2/c1-8-4-5-10(6-9(8)2)12-7-11-3/h4-6H,1-3H3. The van der Waals surface area contributed by atoms with E-state index in [1.165, 1.54) is 11.1 Å². The van der Waals surface area contributed by atoms with Crippen LogP contribution in [0, 0.1) is 13.8 Å². The lowest BCUT2D eigenvalue weighted by atomic mass is 10.1. The molecule has 0 bridgehead atoms. The second kappa shape index (κ2) is 3.84. The molecule has 1 rings (SSSR count). The van der Waals surface area contributed by atoms with Gasteiger partial charge in [0.25, 0.3) is 0 Å². The third-order valence-corrected chi connectivity index (χ3v) is 1.77. The first-order valence-electron chi connectivity index (χ1n) is 3.86. The molecule has 1 aromatic carbocycles. The molecule has 0 saturated heterocycles. The van der Waals surface area contributed by atoms with E-state index in [0.29, 0.717) is 0 Å². The van der Waals surface area contributed by atoms with Crippen molar-refractivity contribution >= 4 is 11.7 Å². The lowest BCUT2D eigenvalue weighted by molar-refractivity contribution is 1.32. The quantitative estimate of drug-likeness (QED) is 0.564. The normalized spacial score (nSPS) is 8.92. The van der Waals surface area contributed by atoms with Gasteiger partial charge in [0.05, 0.1) is 11.7 Å². The van der Waals surface area contributed by atoms with E-state index < -0.39 is 0 Å². The number of benzene rings is 1. The summed E-state index contributed by atoms with van der Waals surface area (Å²) in [5, 5.41) is 0. The predicted octanol–water partition coefficient (Wildman–Crippen LogP) is 2.74. The Hall–Kier alpha value is -1.40. The van der Waals surface area contributed by atoms with Gasteiger partial charge in [0.2, 0.25) is 0 Å². The van der Waals surface area contributed by atoms with E-state index in [0.717, 1.165) is 5.69 Å². The second-order valence-corrected chi connectivity index (χ2v) is 2.70. The molecule has 0 amide bonds. The highest BCUT2D eigenvalue weighted by molar-refractivity contribution is 5.53. The molecule has 0 unspecified atom stereocenters. The molecule has 2 heteroatoms. The molecule has 0 aliphatic rings. The highest BCUT2D eigenvalue weighted by Gasteiger charge is 1.92. The Morgan fingerprint density at radius 2 is 1.92 bits per heavy atom. The molecule has 0 heterocycles. The van der Waals surface area contributed by atoms with E-state index in [2.05, 4.69) is 29.8 Å². The van der Waals surface area contributed by atoms with Gasteiger partial charge >= 0.3 is 0 Å². The fraction of sp³-hybridized carbons (Fsp3) is 0.300. The van der Waals surface area contributed by atoms with Crippen LogP contribution in [0.5, 0.6) is 0 Å². The summed E-state index contributed by atoms with van der Waals surface area (Å²) in [6.07, 6.45) is 0. The highest BCUT2D eigenvalue weighted by Crippen LogP contribution is 2.15. The topological polar surface area (TPSA) is 24.7 Å². The Labute approximate surface area is 72.7 Å². The van der Waals surface area contributed by atoms with E-state index in [-0.39, 0.29) is 0 Å². The summed E-state index contributed by atoms with van der Waals surface area (Å²) in [5.74, 6) is 0. The first-order chi connectivity index (χ1) is 5.74. The van der Waals surface area contributed by atoms with Gasteiger partial charge in [0.15, 0.2) is 0 Å². The van der Waals surface area contributed by atoms with E-state index in [1.54, 1.807) is 7.05 Å². The molecule has 62 valence electrons. The molecule has 0 spiro atoms. The van der Waals surface area contributed by atoms with Crippen molar-refractivity contribution in [1.82, 2.24) is 0 Å². The zero-order chi connectivity index (χ0) is 8.97. The average Bonchev–Trinajstić information content (AvgIpc) is 2.07. The van der Waals surface area contributed by atoms with Crippen LogP contribution >= 0.6 is 0 Å². The first-order valence-corrected chi connectivity index (χ1v) is 3.86. The molecule has 12 heavy (non-hydrogen) atoms. The number of aliphatic imine (C=N–C) groups is 2. The van der Waals surface area contributed by atoms with Gasteiger partial charge in [0, 0.05) is 7.05 Å². The van der Waals surface area contributed by atoms with Gasteiger partial charge in [-0.2, -0.15) is 4.99 Å². The van der Waals surface area contributed by atoms with Gasteiger partial charge in [0.1, 0.15) is 0 Å². The van der Waals surface area contributed by atoms with Crippen LogP contribution in [0.2, 0.25) is 0 Å². The van der Waals surface area contributed by atoms with Crippen LogP contribution in [0.25, 0.3) is 0 Å². The summed E-state index contributed by atoms with van der Waals surface area (Å²) in [6, 6.07) is 8.59. The molecule has 0 atom stereocenters. The summed E-state index contributed by atoms with van der Waals surface area (Å²) in [7, 11) is 1.66. The summed E-state index contributed by atoms with van der Waals surface area (Å²) in [6.45, 7) is 4.15. The predicted molar refractivity (Wildman–Crippen MR) is 51.4 cm³/mol. The largest absolute Gasteiger partial charge is 0.229 e. The molecule has 0 saturated carbocycles. The van der Waals surface area contributed by atoms with Crippen molar-refractivity contribution in [3.63, 3.8) is 0 Å². The number of hydrogen-bond acceptors (Lipinski definition) is 2. The Bertz CT molecular complexity index is 334. The molecule has 0 aliphatic carbocycles. The third kappa shape index (κ3) is 2.04. The third-order valence-electron chi connectivity index (χ3n) is 1.77. The number of aryl methyl sites for hydroxylation is 2. The monoisotopic (exact) mass is 160 g/mol. The number of nitrogens with zero attached hydrogens (tertiary/aromatic N) is 2. The van der Waals surface area contributed by atoms with Crippen molar-refractivity contribution in [3.8, 4) is 0 Å². The fourth-order valence-electron chi connectivity index (χ4n) is 0.903. The zero-order valence-electron chi connectivity index (χ0n) is 7.63. The van der Waals surface area contributed by atoms with Gasteiger partial charge in [-0.15, -0.1) is 0 Å². The summed E-state index contributed by atoms with van der Waals surface area (Å²) < 4.78 is 0. The van der Waals surface area contributed by atoms with Crippen LogP contribution < -0.4 is 0 Å². The molecule has 0 fully saturated rings. The van der Waals surface area contributed by atoms with Crippen molar-refractivity contribution in [2.75, 3.05) is 7.05 Å². The van der Waals surface area contributed by atoms with Crippen molar-refractivity contribution in [2.45, 2.75) is 13.8 Å². The molecule has 0 radical (unpaired) electrons. The fourth-order valence-corrected chi connectivity index (χ4v) is 0.903. The van der Waals surface area contributed by atoms with Crippen LogP contribution in [-0.4, -0.2) is 13.1 Å². The molecule has 0 aromatic heterocycles. The van der Waals surface area contributed by atoms with Crippen LogP contribution in [0.3, 0.4) is 0 Å². The van der Waals surface area contributed by atoms with E-state index >= 15 is 0 Å².